The second-order valence-corrected chi connectivity index (χ2v) is 5.46. The van der Waals surface area contributed by atoms with Gasteiger partial charge >= 0.3 is 0 Å². The van der Waals surface area contributed by atoms with Gasteiger partial charge < -0.3 is 5.32 Å². The van der Waals surface area contributed by atoms with Crippen molar-refractivity contribution in [3.8, 4) is 11.3 Å². The van der Waals surface area contributed by atoms with Crippen LogP contribution >= 0.6 is 0 Å². The van der Waals surface area contributed by atoms with E-state index in [0.29, 0.717) is 11.3 Å². The summed E-state index contributed by atoms with van der Waals surface area (Å²) < 4.78 is 14.9. The quantitative estimate of drug-likeness (QED) is 0.621. The van der Waals surface area contributed by atoms with Crippen LogP contribution in [0.4, 0.5) is 10.1 Å². The number of rotatable bonds is 3. The Morgan fingerprint density at radius 2 is 1.84 bits per heavy atom. The molecule has 0 saturated heterocycles. The Morgan fingerprint density at radius 1 is 1.00 bits per heavy atom. The smallest absolute Gasteiger partial charge is 0.276 e. The molecule has 2 aromatic heterocycles. The maximum Gasteiger partial charge on any atom is 0.276 e. The molecule has 0 aliphatic rings. The predicted octanol–water partition coefficient (Wildman–Crippen LogP) is 3.79. The van der Waals surface area contributed by atoms with Gasteiger partial charge in [-0.3, -0.25) is 4.79 Å². The van der Waals surface area contributed by atoms with Crippen LogP contribution in [0.2, 0.25) is 0 Å². The first-order chi connectivity index (χ1) is 12.2. The fourth-order valence-electron chi connectivity index (χ4n) is 2.60. The minimum absolute atomic E-state index is 0.208. The fourth-order valence-corrected chi connectivity index (χ4v) is 2.60. The third-order valence-electron chi connectivity index (χ3n) is 3.74. The van der Waals surface area contributed by atoms with E-state index in [1.807, 2.05) is 36.4 Å². The number of amides is 1. The first kappa shape index (κ1) is 15.0. The number of benzene rings is 2. The summed E-state index contributed by atoms with van der Waals surface area (Å²) >= 11 is 0. The number of anilines is 1. The van der Waals surface area contributed by atoms with Gasteiger partial charge in [0.15, 0.2) is 11.3 Å². The molecular formula is C19H13FN4O. The van der Waals surface area contributed by atoms with Crippen LogP contribution in [-0.4, -0.2) is 20.5 Å². The van der Waals surface area contributed by atoms with Gasteiger partial charge in [0, 0.05) is 23.5 Å². The largest absolute Gasteiger partial charge is 0.320 e. The van der Waals surface area contributed by atoms with Crippen molar-refractivity contribution in [1.82, 2.24) is 14.6 Å². The van der Waals surface area contributed by atoms with E-state index in [2.05, 4.69) is 15.4 Å². The van der Waals surface area contributed by atoms with E-state index >= 15 is 0 Å². The molecule has 0 aliphatic carbocycles. The van der Waals surface area contributed by atoms with Crippen LogP contribution in [0.5, 0.6) is 0 Å². The number of nitrogens with zero attached hydrogens (tertiary/aromatic N) is 3. The van der Waals surface area contributed by atoms with Crippen LogP contribution in [-0.2, 0) is 0 Å². The lowest BCUT2D eigenvalue weighted by molar-refractivity contribution is 0.102. The first-order valence-electron chi connectivity index (χ1n) is 7.68. The predicted molar refractivity (Wildman–Crippen MR) is 92.8 cm³/mol. The van der Waals surface area contributed by atoms with Crippen molar-refractivity contribution in [3.63, 3.8) is 0 Å². The zero-order valence-electron chi connectivity index (χ0n) is 13.1. The summed E-state index contributed by atoms with van der Waals surface area (Å²) in [6.07, 6.45) is 1.67. The number of hydrogen-bond donors (Lipinski definition) is 1. The lowest BCUT2D eigenvalue weighted by Crippen LogP contribution is -2.12. The van der Waals surface area contributed by atoms with E-state index < -0.39 is 11.7 Å². The standard InChI is InChI=1S/C19H13FN4O/c20-14-7-4-8-15(11-14)22-19(25)16-12-18-21-10-9-17(24(18)23-16)13-5-2-1-3-6-13/h1-12H,(H,22,25). The third kappa shape index (κ3) is 2.97. The molecule has 2 aromatic carbocycles. The van der Waals surface area contributed by atoms with Gasteiger partial charge in [-0.05, 0) is 24.3 Å². The molecular weight excluding hydrogens is 319 g/mol. The molecule has 2 heterocycles. The monoisotopic (exact) mass is 332 g/mol. The summed E-state index contributed by atoms with van der Waals surface area (Å²) in [7, 11) is 0. The molecule has 4 aromatic rings. The Kier molecular flexibility index (Phi) is 3.70. The molecule has 0 fully saturated rings. The fraction of sp³-hybridized carbons (Fsp3) is 0. The summed E-state index contributed by atoms with van der Waals surface area (Å²) in [4.78, 5) is 16.7. The number of nitrogens with one attached hydrogen (secondary N) is 1. The van der Waals surface area contributed by atoms with Gasteiger partial charge in [-0.15, -0.1) is 0 Å². The Bertz CT molecular complexity index is 1060. The number of hydrogen-bond acceptors (Lipinski definition) is 3. The lowest BCUT2D eigenvalue weighted by atomic mass is 10.1. The van der Waals surface area contributed by atoms with E-state index in [9.17, 15) is 9.18 Å². The minimum atomic E-state index is -0.421. The molecule has 1 N–H and O–H groups in total. The summed E-state index contributed by atoms with van der Waals surface area (Å²) in [6, 6.07) is 18.9. The molecule has 0 saturated carbocycles. The number of carbonyl (C=O) groups excluding carboxylic acids is 1. The molecule has 0 atom stereocenters. The maximum absolute atomic E-state index is 13.2. The Morgan fingerprint density at radius 3 is 2.64 bits per heavy atom. The highest BCUT2D eigenvalue weighted by molar-refractivity contribution is 6.03. The SMILES string of the molecule is O=C(Nc1cccc(F)c1)c1cc2nccc(-c3ccccc3)n2n1. The van der Waals surface area contributed by atoms with E-state index in [4.69, 9.17) is 0 Å². The minimum Gasteiger partial charge on any atom is -0.320 e. The normalized spacial score (nSPS) is 10.8. The molecule has 6 heteroatoms. The third-order valence-corrected chi connectivity index (χ3v) is 3.74. The number of fused-ring (bicyclic) bond motifs is 1. The summed E-state index contributed by atoms with van der Waals surface area (Å²) in [6.45, 7) is 0. The molecule has 4 rings (SSSR count). The van der Waals surface area contributed by atoms with E-state index in [0.717, 1.165) is 11.3 Å². The second kappa shape index (κ2) is 6.16. The zero-order chi connectivity index (χ0) is 17.2. The number of halogens is 1. The lowest BCUT2D eigenvalue weighted by Gasteiger charge is -2.04. The van der Waals surface area contributed by atoms with E-state index in [-0.39, 0.29) is 5.69 Å². The number of carbonyl (C=O) groups is 1. The molecule has 0 unspecified atom stereocenters. The molecule has 25 heavy (non-hydrogen) atoms. The van der Waals surface area contributed by atoms with Crippen LogP contribution in [0.3, 0.4) is 0 Å². The summed E-state index contributed by atoms with van der Waals surface area (Å²) in [5, 5.41) is 6.99. The van der Waals surface area contributed by atoms with Gasteiger partial charge in [-0.1, -0.05) is 36.4 Å². The van der Waals surface area contributed by atoms with Crippen LogP contribution in [0, 0.1) is 5.82 Å². The molecule has 0 aliphatic heterocycles. The van der Waals surface area contributed by atoms with Gasteiger partial charge in [-0.25, -0.2) is 13.9 Å². The highest BCUT2D eigenvalue weighted by Gasteiger charge is 2.14. The Balaban J connectivity index is 1.71. The van der Waals surface area contributed by atoms with E-state index in [1.165, 1.54) is 18.2 Å². The topological polar surface area (TPSA) is 59.3 Å². The van der Waals surface area contributed by atoms with Crippen LogP contribution < -0.4 is 5.32 Å². The number of aromatic nitrogens is 3. The second-order valence-electron chi connectivity index (χ2n) is 5.46. The van der Waals surface area contributed by atoms with Crippen LogP contribution in [0.15, 0.2) is 72.9 Å². The Labute approximate surface area is 142 Å². The van der Waals surface area contributed by atoms with Crippen LogP contribution in [0.1, 0.15) is 10.5 Å². The zero-order valence-corrected chi connectivity index (χ0v) is 13.1. The van der Waals surface area contributed by atoms with Crippen molar-refractivity contribution < 1.29 is 9.18 Å². The van der Waals surface area contributed by atoms with Crippen molar-refractivity contribution in [2.75, 3.05) is 5.32 Å². The first-order valence-corrected chi connectivity index (χ1v) is 7.68. The Hall–Kier alpha value is -3.54. The van der Waals surface area contributed by atoms with Gasteiger partial charge in [0.2, 0.25) is 0 Å². The average Bonchev–Trinajstić information content (AvgIpc) is 3.07. The molecule has 1 amide bonds. The maximum atomic E-state index is 13.2. The van der Waals surface area contributed by atoms with Gasteiger partial charge in [0.05, 0.1) is 5.69 Å². The molecule has 0 bridgehead atoms. The molecule has 0 radical (unpaired) electrons. The van der Waals surface area contributed by atoms with E-state index in [1.54, 1.807) is 22.8 Å². The summed E-state index contributed by atoms with van der Waals surface area (Å²) in [5.74, 6) is -0.837. The van der Waals surface area contributed by atoms with Crippen molar-refractivity contribution >= 4 is 17.2 Å². The van der Waals surface area contributed by atoms with Gasteiger partial charge in [0.1, 0.15) is 5.82 Å². The van der Waals surface area contributed by atoms with Crippen molar-refractivity contribution in [2.45, 2.75) is 0 Å². The van der Waals surface area contributed by atoms with Crippen molar-refractivity contribution in [2.24, 2.45) is 0 Å². The summed E-state index contributed by atoms with van der Waals surface area (Å²) in [5.41, 5.74) is 2.94. The average molecular weight is 332 g/mol. The van der Waals surface area contributed by atoms with Gasteiger partial charge in [-0.2, -0.15) is 5.10 Å². The van der Waals surface area contributed by atoms with Gasteiger partial charge in [0.25, 0.3) is 5.91 Å². The van der Waals surface area contributed by atoms with Crippen molar-refractivity contribution in [1.29, 1.82) is 0 Å². The molecule has 122 valence electrons. The highest BCUT2D eigenvalue weighted by Crippen LogP contribution is 2.20. The molecule has 5 nitrogen and oxygen atoms in total. The molecule has 0 spiro atoms. The van der Waals surface area contributed by atoms with Crippen molar-refractivity contribution in [3.05, 3.63) is 84.4 Å². The van der Waals surface area contributed by atoms with Crippen LogP contribution in [0.25, 0.3) is 16.9 Å². The highest BCUT2D eigenvalue weighted by atomic mass is 19.1.